The standard InChI is InChI=1S/C14H18N4O4S/c1-10-6-14(17-11(2)16-10)22-12-4-3-5-18(8-12)23(19,20)13-7-15-21-9-13/h6-7,9,12H,3-5,8H2,1-2H3. The first kappa shape index (κ1) is 15.9. The van der Waals surface area contributed by atoms with Crippen LogP contribution in [0.15, 0.2) is 27.9 Å². The highest BCUT2D eigenvalue weighted by Gasteiger charge is 2.32. The number of piperidine rings is 1. The summed E-state index contributed by atoms with van der Waals surface area (Å²) in [4.78, 5) is 8.50. The lowest BCUT2D eigenvalue weighted by atomic mass is 10.1. The quantitative estimate of drug-likeness (QED) is 0.829. The van der Waals surface area contributed by atoms with Crippen molar-refractivity contribution in [2.24, 2.45) is 0 Å². The van der Waals surface area contributed by atoms with Crippen LogP contribution in [0, 0.1) is 13.8 Å². The first-order chi connectivity index (χ1) is 10.9. The molecule has 3 rings (SSSR count). The monoisotopic (exact) mass is 338 g/mol. The molecule has 1 aliphatic heterocycles. The van der Waals surface area contributed by atoms with Gasteiger partial charge >= 0.3 is 0 Å². The Bertz CT molecular complexity index is 756. The summed E-state index contributed by atoms with van der Waals surface area (Å²) in [6.45, 7) is 4.39. The minimum atomic E-state index is -3.60. The molecule has 1 saturated heterocycles. The molecular weight excluding hydrogens is 320 g/mol. The third-order valence-corrected chi connectivity index (χ3v) is 5.43. The van der Waals surface area contributed by atoms with E-state index in [1.807, 2.05) is 6.92 Å². The molecule has 23 heavy (non-hydrogen) atoms. The van der Waals surface area contributed by atoms with E-state index >= 15 is 0 Å². The van der Waals surface area contributed by atoms with Gasteiger partial charge in [0, 0.05) is 18.3 Å². The molecule has 0 aliphatic carbocycles. The summed E-state index contributed by atoms with van der Waals surface area (Å²) in [5, 5.41) is 3.46. The topological polar surface area (TPSA) is 98.4 Å². The van der Waals surface area contributed by atoms with Gasteiger partial charge in [0.05, 0.1) is 12.7 Å². The van der Waals surface area contributed by atoms with E-state index in [4.69, 9.17) is 4.74 Å². The van der Waals surface area contributed by atoms with Gasteiger partial charge in [-0.25, -0.2) is 13.4 Å². The summed E-state index contributed by atoms with van der Waals surface area (Å²) in [6.07, 6.45) is 3.59. The fourth-order valence-electron chi connectivity index (χ4n) is 2.61. The number of nitrogens with zero attached hydrogens (tertiary/aromatic N) is 4. The molecule has 2 aromatic rings. The van der Waals surface area contributed by atoms with Gasteiger partial charge in [0.15, 0.2) is 0 Å². The highest BCUT2D eigenvalue weighted by atomic mass is 32.2. The van der Waals surface area contributed by atoms with Crippen molar-refractivity contribution in [2.75, 3.05) is 13.1 Å². The van der Waals surface area contributed by atoms with Crippen molar-refractivity contribution < 1.29 is 17.7 Å². The number of ether oxygens (including phenoxy) is 1. The van der Waals surface area contributed by atoms with E-state index in [2.05, 4.69) is 19.6 Å². The maximum Gasteiger partial charge on any atom is 0.248 e. The Morgan fingerprint density at radius 3 is 2.87 bits per heavy atom. The van der Waals surface area contributed by atoms with Crippen LogP contribution in [0.2, 0.25) is 0 Å². The number of sulfonamides is 1. The van der Waals surface area contributed by atoms with Gasteiger partial charge in [-0.05, 0) is 26.7 Å². The van der Waals surface area contributed by atoms with Gasteiger partial charge in [-0.2, -0.15) is 9.29 Å². The van der Waals surface area contributed by atoms with E-state index < -0.39 is 10.0 Å². The fourth-order valence-corrected chi connectivity index (χ4v) is 3.98. The molecular formula is C14H18N4O4S. The SMILES string of the molecule is Cc1cc(OC2CCCN(S(=O)(=O)c3cnoc3)C2)nc(C)n1. The zero-order chi connectivity index (χ0) is 16.4. The van der Waals surface area contributed by atoms with Crippen LogP contribution in [-0.4, -0.2) is 47.0 Å². The van der Waals surface area contributed by atoms with Gasteiger partial charge in [0.1, 0.15) is 23.1 Å². The van der Waals surface area contributed by atoms with E-state index in [-0.39, 0.29) is 17.5 Å². The number of hydrogen-bond donors (Lipinski definition) is 0. The Morgan fingerprint density at radius 1 is 1.35 bits per heavy atom. The highest BCUT2D eigenvalue weighted by Crippen LogP contribution is 2.23. The predicted octanol–water partition coefficient (Wildman–Crippen LogP) is 1.31. The first-order valence-electron chi connectivity index (χ1n) is 7.33. The lowest BCUT2D eigenvalue weighted by Gasteiger charge is -2.31. The van der Waals surface area contributed by atoms with Gasteiger partial charge in [-0.1, -0.05) is 5.16 Å². The molecule has 0 bridgehead atoms. The molecule has 3 heterocycles. The summed E-state index contributed by atoms with van der Waals surface area (Å²) in [5.74, 6) is 1.11. The number of hydrogen-bond acceptors (Lipinski definition) is 7. The summed E-state index contributed by atoms with van der Waals surface area (Å²) < 4.78 is 36.9. The van der Waals surface area contributed by atoms with Crippen molar-refractivity contribution in [3.05, 3.63) is 30.0 Å². The summed E-state index contributed by atoms with van der Waals surface area (Å²) in [7, 11) is -3.60. The number of aromatic nitrogens is 3. The predicted molar refractivity (Wildman–Crippen MR) is 80.4 cm³/mol. The van der Waals surface area contributed by atoms with Crippen LogP contribution < -0.4 is 4.74 Å². The fraction of sp³-hybridized carbons (Fsp3) is 0.500. The average Bonchev–Trinajstić information content (AvgIpc) is 3.01. The van der Waals surface area contributed by atoms with E-state index in [0.717, 1.165) is 24.8 Å². The van der Waals surface area contributed by atoms with Crippen molar-refractivity contribution in [3.8, 4) is 5.88 Å². The van der Waals surface area contributed by atoms with E-state index in [1.54, 1.807) is 13.0 Å². The second-order valence-corrected chi connectivity index (χ2v) is 7.44. The molecule has 1 unspecified atom stereocenters. The molecule has 2 aromatic heterocycles. The minimum absolute atomic E-state index is 0.0619. The van der Waals surface area contributed by atoms with Crippen LogP contribution in [0.1, 0.15) is 24.4 Å². The van der Waals surface area contributed by atoms with Gasteiger partial charge < -0.3 is 9.26 Å². The van der Waals surface area contributed by atoms with Crippen LogP contribution in [-0.2, 0) is 10.0 Å². The lowest BCUT2D eigenvalue weighted by molar-refractivity contribution is 0.124. The number of rotatable bonds is 4. The van der Waals surface area contributed by atoms with E-state index in [1.165, 1.54) is 10.5 Å². The summed E-state index contributed by atoms with van der Waals surface area (Å²) >= 11 is 0. The molecule has 1 atom stereocenters. The molecule has 0 spiro atoms. The van der Waals surface area contributed by atoms with Crippen LogP contribution in [0.3, 0.4) is 0 Å². The minimum Gasteiger partial charge on any atom is -0.473 e. The normalized spacial score (nSPS) is 19.7. The molecule has 8 nitrogen and oxygen atoms in total. The third kappa shape index (κ3) is 3.50. The lowest BCUT2D eigenvalue weighted by Crippen LogP contribution is -2.44. The van der Waals surface area contributed by atoms with Gasteiger partial charge in [0.2, 0.25) is 15.9 Å². The number of aryl methyl sites for hydroxylation is 2. The van der Waals surface area contributed by atoms with E-state index in [9.17, 15) is 8.42 Å². The Kier molecular flexibility index (Phi) is 4.31. The van der Waals surface area contributed by atoms with Gasteiger partial charge in [0.25, 0.3) is 0 Å². The Morgan fingerprint density at radius 2 is 2.17 bits per heavy atom. The van der Waals surface area contributed by atoms with Gasteiger partial charge in [-0.3, -0.25) is 0 Å². The summed E-state index contributed by atoms with van der Waals surface area (Å²) in [6, 6.07) is 1.75. The molecule has 9 heteroatoms. The first-order valence-corrected chi connectivity index (χ1v) is 8.77. The highest BCUT2D eigenvalue weighted by molar-refractivity contribution is 7.89. The third-order valence-electron chi connectivity index (χ3n) is 3.62. The van der Waals surface area contributed by atoms with Crippen molar-refractivity contribution in [3.63, 3.8) is 0 Å². The molecule has 124 valence electrons. The molecule has 0 N–H and O–H groups in total. The second-order valence-electron chi connectivity index (χ2n) is 5.50. The average molecular weight is 338 g/mol. The Hall–Kier alpha value is -2.00. The molecule has 1 aliphatic rings. The smallest absolute Gasteiger partial charge is 0.248 e. The Balaban J connectivity index is 1.73. The molecule has 0 saturated carbocycles. The maximum absolute atomic E-state index is 12.5. The molecule has 0 aromatic carbocycles. The zero-order valence-electron chi connectivity index (χ0n) is 13.0. The van der Waals surface area contributed by atoms with Crippen molar-refractivity contribution in [1.29, 1.82) is 0 Å². The molecule has 0 radical (unpaired) electrons. The van der Waals surface area contributed by atoms with Gasteiger partial charge in [-0.15, -0.1) is 0 Å². The zero-order valence-corrected chi connectivity index (χ0v) is 13.8. The van der Waals surface area contributed by atoms with Crippen LogP contribution in [0.4, 0.5) is 0 Å². The Labute approximate surface area is 134 Å². The van der Waals surface area contributed by atoms with Crippen molar-refractivity contribution >= 4 is 10.0 Å². The maximum atomic E-state index is 12.5. The van der Waals surface area contributed by atoms with Crippen LogP contribution >= 0.6 is 0 Å². The van der Waals surface area contributed by atoms with Crippen molar-refractivity contribution in [1.82, 2.24) is 19.4 Å². The molecule has 0 amide bonds. The molecule has 1 fully saturated rings. The van der Waals surface area contributed by atoms with E-state index in [0.29, 0.717) is 18.2 Å². The van der Waals surface area contributed by atoms with Crippen LogP contribution in [0.25, 0.3) is 0 Å². The largest absolute Gasteiger partial charge is 0.473 e. The van der Waals surface area contributed by atoms with Crippen LogP contribution in [0.5, 0.6) is 5.88 Å². The summed E-state index contributed by atoms with van der Waals surface area (Å²) in [5.41, 5.74) is 0.817. The van der Waals surface area contributed by atoms with Crippen molar-refractivity contribution in [2.45, 2.75) is 37.7 Å². The second kappa shape index (κ2) is 6.25.